The zero-order valence-corrected chi connectivity index (χ0v) is 11.7. The Balaban J connectivity index is 2.24. The summed E-state index contributed by atoms with van der Waals surface area (Å²) in [4.78, 5) is 1.88. The minimum Gasteiger partial charge on any atom is -0.404 e. The number of rotatable bonds is 3. The fourth-order valence-corrected chi connectivity index (χ4v) is 2.54. The van der Waals surface area contributed by atoms with Gasteiger partial charge in [-0.25, -0.2) is 0 Å². The first-order chi connectivity index (χ1) is 8.89. The second-order valence-corrected chi connectivity index (χ2v) is 5.41. The number of hydrogen-bond donors (Lipinski definition) is 1. The molecule has 1 aliphatic heterocycles. The molecule has 1 aromatic carbocycles. The van der Waals surface area contributed by atoms with Crippen molar-refractivity contribution in [1.29, 1.82) is 0 Å². The van der Waals surface area contributed by atoms with Crippen LogP contribution in [0.3, 0.4) is 0 Å². The molecule has 1 aliphatic rings. The Morgan fingerprint density at radius 2 is 2.16 bits per heavy atom. The summed E-state index contributed by atoms with van der Waals surface area (Å²) in [5.41, 5.74) is 6.05. The lowest BCUT2D eigenvalue weighted by atomic mass is 10.1. The fourth-order valence-electron chi connectivity index (χ4n) is 2.20. The molecule has 0 bridgehead atoms. The van der Waals surface area contributed by atoms with Crippen molar-refractivity contribution in [3.8, 4) is 5.75 Å². The Morgan fingerprint density at radius 3 is 2.74 bits per heavy atom. The Bertz CT molecular complexity index is 453. The molecule has 106 valence electrons. The average Bonchev–Trinajstić information content (AvgIpc) is 2.75. The zero-order chi connectivity index (χ0) is 14.0. The normalized spacial score (nSPS) is 19.8. The van der Waals surface area contributed by atoms with Crippen molar-refractivity contribution in [1.82, 2.24) is 0 Å². The summed E-state index contributed by atoms with van der Waals surface area (Å²) in [5, 5.41) is 0. The maximum Gasteiger partial charge on any atom is 0.573 e. The van der Waals surface area contributed by atoms with E-state index in [2.05, 4.69) is 20.7 Å². The Hall–Kier alpha value is -0.950. The number of ether oxygens (including phenoxy) is 1. The van der Waals surface area contributed by atoms with Crippen molar-refractivity contribution < 1.29 is 17.9 Å². The Morgan fingerprint density at radius 1 is 1.42 bits per heavy atom. The van der Waals surface area contributed by atoms with E-state index in [1.165, 1.54) is 6.07 Å². The predicted molar refractivity (Wildman–Crippen MR) is 70.2 cm³/mol. The SMILES string of the molecule is NCC1CCN(c2ccc(Br)cc2OC(F)(F)F)C1. The number of nitrogens with zero attached hydrogens (tertiary/aromatic N) is 1. The van der Waals surface area contributed by atoms with Crippen LogP contribution in [-0.2, 0) is 0 Å². The first kappa shape index (κ1) is 14.5. The molecule has 1 fully saturated rings. The van der Waals surface area contributed by atoms with Crippen molar-refractivity contribution in [2.24, 2.45) is 11.7 Å². The summed E-state index contributed by atoms with van der Waals surface area (Å²) >= 11 is 3.15. The minimum atomic E-state index is -4.69. The lowest BCUT2D eigenvalue weighted by Gasteiger charge is -2.22. The molecule has 1 aromatic rings. The molecule has 0 spiro atoms. The number of nitrogens with two attached hydrogens (primary N) is 1. The molecule has 1 heterocycles. The van der Waals surface area contributed by atoms with E-state index in [4.69, 9.17) is 5.73 Å². The van der Waals surface area contributed by atoms with E-state index in [9.17, 15) is 13.2 Å². The number of anilines is 1. The van der Waals surface area contributed by atoms with Crippen LogP contribution in [0.4, 0.5) is 18.9 Å². The molecule has 0 aromatic heterocycles. The Labute approximate surface area is 117 Å². The third kappa shape index (κ3) is 3.76. The highest BCUT2D eigenvalue weighted by atomic mass is 79.9. The van der Waals surface area contributed by atoms with E-state index >= 15 is 0 Å². The third-order valence-electron chi connectivity index (χ3n) is 3.11. The summed E-state index contributed by atoms with van der Waals surface area (Å²) in [7, 11) is 0. The van der Waals surface area contributed by atoms with Crippen molar-refractivity contribution in [2.45, 2.75) is 12.8 Å². The second-order valence-electron chi connectivity index (χ2n) is 4.50. The molecule has 1 saturated heterocycles. The van der Waals surface area contributed by atoms with Gasteiger partial charge in [-0.2, -0.15) is 0 Å². The lowest BCUT2D eigenvalue weighted by Crippen LogP contribution is -2.25. The van der Waals surface area contributed by atoms with Crippen LogP contribution in [0.15, 0.2) is 22.7 Å². The van der Waals surface area contributed by atoms with Crippen molar-refractivity contribution in [2.75, 3.05) is 24.5 Å². The maximum atomic E-state index is 12.4. The molecular weight excluding hydrogens is 325 g/mol. The molecular formula is C12H14BrF3N2O. The van der Waals surface area contributed by atoms with Gasteiger partial charge >= 0.3 is 6.36 Å². The van der Waals surface area contributed by atoms with Crippen LogP contribution < -0.4 is 15.4 Å². The van der Waals surface area contributed by atoms with Gasteiger partial charge < -0.3 is 15.4 Å². The lowest BCUT2D eigenvalue weighted by molar-refractivity contribution is -0.274. The van der Waals surface area contributed by atoms with Gasteiger partial charge in [-0.3, -0.25) is 0 Å². The van der Waals surface area contributed by atoms with Crippen LogP contribution in [0, 0.1) is 5.92 Å². The highest BCUT2D eigenvalue weighted by Crippen LogP contribution is 2.37. The number of hydrogen-bond acceptors (Lipinski definition) is 3. The van der Waals surface area contributed by atoms with Gasteiger partial charge in [-0.15, -0.1) is 13.2 Å². The van der Waals surface area contributed by atoms with Gasteiger partial charge in [-0.05, 0) is 37.1 Å². The molecule has 1 atom stereocenters. The number of halogens is 4. The highest BCUT2D eigenvalue weighted by Gasteiger charge is 2.33. The molecule has 0 radical (unpaired) electrons. The third-order valence-corrected chi connectivity index (χ3v) is 3.60. The van der Waals surface area contributed by atoms with Crippen molar-refractivity contribution >= 4 is 21.6 Å². The predicted octanol–water partition coefficient (Wildman–Crippen LogP) is 3.13. The highest BCUT2D eigenvalue weighted by molar-refractivity contribution is 9.10. The molecule has 1 unspecified atom stereocenters. The molecule has 0 saturated carbocycles. The monoisotopic (exact) mass is 338 g/mol. The minimum absolute atomic E-state index is 0.181. The van der Waals surface area contributed by atoms with E-state index in [0.717, 1.165) is 6.42 Å². The second kappa shape index (κ2) is 5.58. The molecule has 19 heavy (non-hydrogen) atoms. The van der Waals surface area contributed by atoms with Crippen LogP contribution in [0.1, 0.15) is 6.42 Å². The summed E-state index contributed by atoms with van der Waals surface area (Å²) in [6.07, 6.45) is -3.81. The summed E-state index contributed by atoms with van der Waals surface area (Å²) in [6, 6.07) is 4.66. The summed E-state index contributed by atoms with van der Waals surface area (Å²) < 4.78 is 41.9. The van der Waals surface area contributed by atoms with Gasteiger partial charge in [0.05, 0.1) is 5.69 Å². The zero-order valence-electron chi connectivity index (χ0n) is 10.1. The van der Waals surface area contributed by atoms with E-state index < -0.39 is 6.36 Å². The van der Waals surface area contributed by atoms with Gasteiger partial charge in [-0.1, -0.05) is 15.9 Å². The standard InChI is InChI=1S/C12H14BrF3N2O/c13-9-1-2-10(11(5-9)19-12(14,15)16)18-4-3-8(6-17)7-18/h1-2,5,8H,3-4,6-7,17H2. The topological polar surface area (TPSA) is 38.5 Å². The molecule has 0 aliphatic carbocycles. The van der Waals surface area contributed by atoms with Gasteiger partial charge in [0.2, 0.25) is 0 Å². The van der Waals surface area contributed by atoms with Gasteiger partial charge in [0.1, 0.15) is 0 Å². The van der Waals surface area contributed by atoms with E-state index in [-0.39, 0.29) is 5.75 Å². The molecule has 2 rings (SSSR count). The van der Waals surface area contributed by atoms with E-state index in [0.29, 0.717) is 35.7 Å². The van der Waals surface area contributed by atoms with Crippen LogP contribution in [0.5, 0.6) is 5.75 Å². The molecule has 0 amide bonds. The van der Waals surface area contributed by atoms with E-state index in [1.54, 1.807) is 12.1 Å². The van der Waals surface area contributed by atoms with Crippen LogP contribution >= 0.6 is 15.9 Å². The smallest absolute Gasteiger partial charge is 0.404 e. The van der Waals surface area contributed by atoms with E-state index in [1.807, 2.05) is 4.90 Å². The first-order valence-electron chi connectivity index (χ1n) is 5.89. The van der Waals surface area contributed by atoms with Crippen LogP contribution in [0.25, 0.3) is 0 Å². The number of benzene rings is 1. The quantitative estimate of drug-likeness (QED) is 0.920. The molecule has 7 heteroatoms. The summed E-state index contributed by atoms with van der Waals surface area (Å²) in [5.74, 6) is 0.141. The summed E-state index contributed by atoms with van der Waals surface area (Å²) in [6.45, 7) is 1.90. The Kier molecular flexibility index (Phi) is 4.25. The van der Waals surface area contributed by atoms with Gasteiger partial charge in [0.25, 0.3) is 0 Å². The van der Waals surface area contributed by atoms with Crippen molar-refractivity contribution in [3.63, 3.8) is 0 Å². The molecule has 3 nitrogen and oxygen atoms in total. The van der Waals surface area contributed by atoms with Gasteiger partial charge in [0.15, 0.2) is 5.75 Å². The maximum absolute atomic E-state index is 12.4. The fraction of sp³-hybridized carbons (Fsp3) is 0.500. The van der Waals surface area contributed by atoms with Crippen LogP contribution in [0.2, 0.25) is 0 Å². The van der Waals surface area contributed by atoms with Crippen LogP contribution in [-0.4, -0.2) is 26.0 Å². The average molecular weight is 339 g/mol. The largest absolute Gasteiger partial charge is 0.573 e. The number of alkyl halides is 3. The first-order valence-corrected chi connectivity index (χ1v) is 6.68. The van der Waals surface area contributed by atoms with Gasteiger partial charge in [0, 0.05) is 17.6 Å². The molecule has 2 N–H and O–H groups in total. The van der Waals surface area contributed by atoms with Crippen molar-refractivity contribution in [3.05, 3.63) is 22.7 Å².